The molecular formula is C24H26N6O. The van der Waals surface area contributed by atoms with Gasteiger partial charge in [0, 0.05) is 41.7 Å². The molecule has 0 aliphatic carbocycles. The van der Waals surface area contributed by atoms with Gasteiger partial charge in [0.2, 0.25) is 0 Å². The van der Waals surface area contributed by atoms with E-state index >= 15 is 0 Å². The van der Waals surface area contributed by atoms with E-state index in [1.807, 2.05) is 37.3 Å². The summed E-state index contributed by atoms with van der Waals surface area (Å²) >= 11 is 0. The van der Waals surface area contributed by atoms with Crippen LogP contribution in [-0.2, 0) is 0 Å². The number of anilines is 1. The first-order valence-electron chi connectivity index (χ1n) is 10.3. The fourth-order valence-corrected chi connectivity index (χ4v) is 3.32. The van der Waals surface area contributed by atoms with Crippen molar-refractivity contribution in [3.63, 3.8) is 0 Å². The molecule has 7 nitrogen and oxygen atoms in total. The zero-order valence-electron chi connectivity index (χ0n) is 18.2. The maximum Gasteiger partial charge on any atom is 0.163 e. The number of aryl methyl sites for hydroxylation is 1. The molecule has 3 heterocycles. The molecule has 3 aromatic heterocycles. The van der Waals surface area contributed by atoms with Gasteiger partial charge in [-0.2, -0.15) is 5.10 Å². The second-order valence-electron chi connectivity index (χ2n) is 7.88. The average molecular weight is 415 g/mol. The number of pyridine rings is 1. The van der Waals surface area contributed by atoms with Crippen molar-refractivity contribution >= 4 is 5.82 Å². The summed E-state index contributed by atoms with van der Waals surface area (Å²) in [5, 5.41) is 10.9. The molecule has 0 amide bonds. The molecular weight excluding hydrogens is 388 g/mol. The minimum absolute atomic E-state index is 0.490. The molecule has 31 heavy (non-hydrogen) atoms. The second kappa shape index (κ2) is 8.95. The molecule has 0 spiro atoms. The van der Waals surface area contributed by atoms with Gasteiger partial charge in [0.05, 0.1) is 24.7 Å². The van der Waals surface area contributed by atoms with Crippen molar-refractivity contribution in [1.82, 2.24) is 25.1 Å². The highest BCUT2D eigenvalue weighted by atomic mass is 16.5. The lowest BCUT2D eigenvalue weighted by Gasteiger charge is -2.12. The van der Waals surface area contributed by atoms with Crippen LogP contribution in [-0.4, -0.2) is 38.8 Å². The first kappa shape index (κ1) is 20.5. The minimum atomic E-state index is 0.490. The Bertz CT molecular complexity index is 1170. The Labute approximate surface area is 182 Å². The van der Waals surface area contributed by atoms with E-state index in [4.69, 9.17) is 14.7 Å². The third-order valence-corrected chi connectivity index (χ3v) is 4.83. The third-order valence-electron chi connectivity index (χ3n) is 4.83. The van der Waals surface area contributed by atoms with Crippen LogP contribution in [0.4, 0.5) is 5.82 Å². The number of hydrogen-bond donors (Lipinski definition) is 2. The number of hydrogen-bond acceptors (Lipinski definition) is 6. The molecule has 158 valence electrons. The van der Waals surface area contributed by atoms with E-state index in [1.165, 1.54) is 0 Å². The number of rotatable bonds is 7. The number of ether oxygens (including phenoxy) is 1. The summed E-state index contributed by atoms with van der Waals surface area (Å²) < 4.78 is 5.45. The lowest BCUT2D eigenvalue weighted by atomic mass is 10.0. The maximum atomic E-state index is 5.45. The summed E-state index contributed by atoms with van der Waals surface area (Å²) in [6, 6.07) is 11.9. The zero-order chi connectivity index (χ0) is 21.8. The lowest BCUT2D eigenvalue weighted by Crippen LogP contribution is -2.10. The van der Waals surface area contributed by atoms with Crippen LogP contribution in [0.5, 0.6) is 5.75 Å². The van der Waals surface area contributed by atoms with E-state index < -0.39 is 0 Å². The predicted octanol–water partition coefficient (Wildman–Crippen LogP) is 4.98. The number of nitrogens with one attached hydrogen (secondary N) is 2. The van der Waals surface area contributed by atoms with Crippen LogP contribution in [0.1, 0.15) is 19.4 Å². The number of aromatic nitrogens is 5. The van der Waals surface area contributed by atoms with Crippen LogP contribution in [0.25, 0.3) is 33.9 Å². The molecule has 1 aromatic carbocycles. The zero-order valence-corrected chi connectivity index (χ0v) is 18.2. The maximum absolute atomic E-state index is 5.45. The highest BCUT2D eigenvalue weighted by molar-refractivity contribution is 5.81. The summed E-state index contributed by atoms with van der Waals surface area (Å²) in [7, 11) is 1.67. The Morgan fingerprint density at radius 2 is 1.94 bits per heavy atom. The molecule has 7 heteroatoms. The van der Waals surface area contributed by atoms with Crippen LogP contribution < -0.4 is 10.1 Å². The first-order chi connectivity index (χ1) is 15.0. The topological polar surface area (TPSA) is 88.6 Å². The van der Waals surface area contributed by atoms with Crippen molar-refractivity contribution < 1.29 is 4.74 Å². The third kappa shape index (κ3) is 4.71. The van der Waals surface area contributed by atoms with Gasteiger partial charge in [0.15, 0.2) is 5.82 Å². The Morgan fingerprint density at radius 1 is 1.06 bits per heavy atom. The quantitative estimate of drug-likeness (QED) is 0.443. The van der Waals surface area contributed by atoms with Crippen molar-refractivity contribution in [2.75, 3.05) is 19.0 Å². The molecule has 0 atom stereocenters. The molecule has 2 N–H and O–H groups in total. The normalized spacial score (nSPS) is 11.0. The summed E-state index contributed by atoms with van der Waals surface area (Å²) in [6.07, 6.45) is 5.31. The number of nitrogens with zero attached hydrogens (tertiary/aromatic N) is 4. The number of benzene rings is 1. The Hall–Kier alpha value is -3.74. The molecule has 0 radical (unpaired) electrons. The highest BCUT2D eigenvalue weighted by Gasteiger charge is 2.16. The Balaban J connectivity index is 1.82. The summed E-state index contributed by atoms with van der Waals surface area (Å²) in [5.74, 6) is 2.68. The van der Waals surface area contributed by atoms with Gasteiger partial charge < -0.3 is 10.1 Å². The predicted molar refractivity (Wildman–Crippen MR) is 123 cm³/mol. The molecule has 0 saturated carbocycles. The van der Waals surface area contributed by atoms with Crippen LogP contribution in [0.2, 0.25) is 0 Å². The van der Waals surface area contributed by atoms with Crippen LogP contribution in [0.15, 0.2) is 55.0 Å². The molecule has 0 saturated heterocycles. The molecule has 0 fully saturated rings. The van der Waals surface area contributed by atoms with Crippen molar-refractivity contribution in [2.24, 2.45) is 5.92 Å². The van der Waals surface area contributed by atoms with Gasteiger partial charge >= 0.3 is 0 Å². The van der Waals surface area contributed by atoms with Gasteiger partial charge in [-0.15, -0.1) is 0 Å². The van der Waals surface area contributed by atoms with Gasteiger partial charge in [-0.1, -0.05) is 13.8 Å². The number of H-pyrrole nitrogens is 1. The van der Waals surface area contributed by atoms with Crippen molar-refractivity contribution in [1.29, 1.82) is 0 Å². The number of methoxy groups -OCH3 is 1. The van der Waals surface area contributed by atoms with Crippen LogP contribution in [0.3, 0.4) is 0 Å². The van der Waals surface area contributed by atoms with E-state index in [2.05, 4.69) is 40.4 Å². The van der Waals surface area contributed by atoms with Gasteiger partial charge in [0.25, 0.3) is 0 Å². The molecule has 0 aliphatic rings. The fraction of sp³-hybridized carbons (Fsp3) is 0.250. The van der Waals surface area contributed by atoms with Crippen molar-refractivity contribution in [3.05, 3.63) is 60.6 Å². The van der Waals surface area contributed by atoms with Gasteiger partial charge in [-0.25, -0.2) is 9.97 Å². The molecule has 0 aliphatic heterocycles. The molecule has 4 aromatic rings. The van der Waals surface area contributed by atoms with Crippen LogP contribution >= 0.6 is 0 Å². The van der Waals surface area contributed by atoms with E-state index in [1.54, 1.807) is 25.7 Å². The standard InChI is InChI=1S/C24H26N6O/c1-15(2)12-26-22-11-21(28-24(29-22)17-6-5-7-25-13-17)20-14-27-30-23(20)18-8-16(3)9-19(10-18)31-4/h5-11,13-15H,12H2,1-4H3,(H,27,30)(H,26,28,29). The van der Waals surface area contributed by atoms with E-state index in [0.29, 0.717) is 11.7 Å². The minimum Gasteiger partial charge on any atom is -0.497 e. The average Bonchev–Trinajstić information content (AvgIpc) is 3.28. The summed E-state index contributed by atoms with van der Waals surface area (Å²) in [6.45, 7) is 7.18. The Kier molecular flexibility index (Phi) is 5.93. The smallest absolute Gasteiger partial charge is 0.163 e. The molecule has 4 rings (SSSR count). The van der Waals surface area contributed by atoms with E-state index in [0.717, 1.165) is 51.8 Å². The lowest BCUT2D eigenvalue weighted by molar-refractivity contribution is 0.414. The summed E-state index contributed by atoms with van der Waals surface area (Å²) in [4.78, 5) is 13.8. The van der Waals surface area contributed by atoms with Gasteiger partial charge in [0.1, 0.15) is 11.6 Å². The SMILES string of the molecule is COc1cc(C)cc(-c2[nH]ncc2-c2cc(NCC(C)C)nc(-c3cccnc3)n2)c1. The number of aromatic amines is 1. The monoisotopic (exact) mass is 414 g/mol. The van der Waals surface area contributed by atoms with Gasteiger partial charge in [-0.3, -0.25) is 10.1 Å². The molecule has 0 bridgehead atoms. The second-order valence-corrected chi connectivity index (χ2v) is 7.88. The first-order valence-corrected chi connectivity index (χ1v) is 10.3. The van der Waals surface area contributed by atoms with Gasteiger partial charge in [-0.05, 0) is 48.7 Å². The largest absolute Gasteiger partial charge is 0.497 e. The van der Waals surface area contributed by atoms with E-state index in [-0.39, 0.29) is 0 Å². The van der Waals surface area contributed by atoms with Crippen molar-refractivity contribution in [3.8, 4) is 39.7 Å². The fourth-order valence-electron chi connectivity index (χ4n) is 3.32. The highest BCUT2D eigenvalue weighted by Crippen LogP contribution is 2.33. The Morgan fingerprint density at radius 3 is 2.68 bits per heavy atom. The van der Waals surface area contributed by atoms with Crippen molar-refractivity contribution in [2.45, 2.75) is 20.8 Å². The van der Waals surface area contributed by atoms with Crippen LogP contribution in [0, 0.1) is 12.8 Å². The van der Waals surface area contributed by atoms with E-state index in [9.17, 15) is 0 Å². The molecule has 0 unspecified atom stereocenters. The summed E-state index contributed by atoms with van der Waals surface area (Å²) in [5.41, 5.74) is 5.51.